The van der Waals surface area contributed by atoms with E-state index in [1.165, 1.54) is 12.1 Å². The van der Waals surface area contributed by atoms with Gasteiger partial charge in [-0.05, 0) is 42.3 Å². The van der Waals surface area contributed by atoms with Crippen LogP contribution in [-0.2, 0) is 4.79 Å². The Balaban J connectivity index is 1.80. The van der Waals surface area contributed by atoms with Crippen LogP contribution in [0.5, 0.6) is 0 Å². The summed E-state index contributed by atoms with van der Waals surface area (Å²) in [5.41, 5.74) is 3.46. The fraction of sp³-hybridized carbons (Fsp3) is 0.200. The molecule has 1 amide bonds. The molecule has 25 heavy (non-hydrogen) atoms. The number of amides is 1. The van der Waals surface area contributed by atoms with Crippen molar-refractivity contribution < 1.29 is 9.18 Å². The first kappa shape index (κ1) is 15.6. The first-order chi connectivity index (χ1) is 12.2. The van der Waals surface area contributed by atoms with Gasteiger partial charge in [0.15, 0.2) is 0 Å². The van der Waals surface area contributed by atoms with E-state index in [4.69, 9.17) is 0 Å². The van der Waals surface area contributed by atoms with E-state index in [0.29, 0.717) is 18.7 Å². The number of carbonyl (C=O) groups is 1. The number of hydrogen-bond donors (Lipinski definition) is 0. The molecule has 2 aromatic heterocycles. The Morgan fingerprint density at radius 2 is 2.16 bits per heavy atom. The van der Waals surface area contributed by atoms with Crippen molar-refractivity contribution in [2.24, 2.45) is 0 Å². The summed E-state index contributed by atoms with van der Waals surface area (Å²) in [6.07, 6.45) is 5.70. The second kappa shape index (κ2) is 6.16. The van der Waals surface area contributed by atoms with Gasteiger partial charge in [-0.2, -0.15) is 0 Å². The molecule has 1 saturated heterocycles. The highest BCUT2D eigenvalue weighted by Gasteiger charge is 2.29. The second-order valence-electron chi connectivity index (χ2n) is 6.27. The molecule has 1 aliphatic rings. The number of carbonyl (C=O) groups excluding carboxylic acids is 1. The number of nitrogens with zero attached hydrogens (tertiary/aromatic N) is 3. The van der Waals surface area contributed by atoms with E-state index in [1.807, 2.05) is 27.5 Å². The van der Waals surface area contributed by atoms with Gasteiger partial charge in [0.1, 0.15) is 5.82 Å². The van der Waals surface area contributed by atoms with Gasteiger partial charge < -0.3 is 4.90 Å². The summed E-state index contributed by atoms with van der Waals surface area (Å²) < 4.78 is 16.2. The summed E-state index contributed by atoms with van der Waals surface area (Å²) in [7, 11) is 0. The molecule has 0 N–H and O–H groups in total. The molecule has 1 aliphatic heterocycles. The molecule has 0 spiro atoms. The monoisotopic (exact) mass is 335 g/mol. The third-order valence-corrected chi connectivity index (χ3v) is 4.87. The van der Waals surface area contributed by atoms with E-state index >= 15 is 0 Å². The van der Waals surface area contributed by atoms with E-state index in [0.717, 1.165) is 23.2 Å². The minimum absolute atomic E-state index is 0.0398. The second-order valence-corrected chi connectivity index (χ2v) is 6.27. The van der Waals surface area contributed by atoms with Crippen molar-refractivity contribution in [3.63, 3.8) is 0 Å². The lowest BCUT2D eigenvalue weighted by Crippen LogP contribution is -2.26. The van der Waals surface area contributed by atoms with Crippen molar-refractivity contribution >= 4 is 11.4 Å². The number of fused-ring (bicyclic) bond motifs is 1. The SMILES string of the molecule is C=CC(=O)N1CCC(c2cc(-c3ccccc3F)n3cnccc23)C1. The third kappa shape index (κ3) is 2.61. The maximum atomic E-state index is 14.3. The molecule has 5 heteroatoms. The summed E-state index contributed by atoms with van der Waals surface area (Å²) >= 11 is 0. The van der Waals surface area contributed by atoms with Crippen LogP contribution in [-0.4, -0.2) is 33.3 Å². The molecule has 126 valence electrons. The lowest BCUT2D eigenvalue weighted by molar-refractivity contribution is -0.125. The van der Waals surface area contributed by atoms with Gasteiger partial charge in [0.2, 0.25) is 5.91 Å². The van der Waals surface area contributed by atoms with Crippen LogP contribution in [0.3, 0.4) is 0 Å². The van der Waals surface area contributed by atoms with E-state index in [9.17, 15) is 9.18 Å². The predicted molar refractivity (Wildman–Crippen MR) is 94.7 cm³/mol. The molecule has 0 saturated carbocycles. The number of benzene rings is 1. The molecular weight excluding hydrogens is 317 g/mol. The zero-order valence-electron chi connectivity index (χ0n) is 13.7. The van der Waals surface area contributed by atoms with Crippen molar-refractivity contribution in [3.05, 3.63) is 73.0 Å². The number of aromatic nitrogens is 2. The summed E-state index contributed by atoms with van der Waals surface area (Å²) in [5, 5.41) is 0. The third-order valence-electron chi connectivity index (χ3n) is 4.87. The lowest BCUT2D eigenvalue weighted by atomic mass is 9.99. The molecule has 1 fully saturated rings. The van der Waals surface area contributed by atoms with Gasteiger partial charge in [-0.25, -0.2) is 9.37 Å². The van der Waals surface area contributed by atoms with Gasteiger partial charge >= 0.3 is 0 Å². The van der Waals surface area contributed by atoms with Gasteiger partial charge in [0, 0.05) is 30.8 Å². The lowest BCUT2D eigenvalue weighted by Gasteiger charge is -2.13. The fourth-order valence-electron chi connectivity index (χ4n) is 3.63. The van der Waals surface area contributed by atoms with E-state index in [2.05, 4.69) is 11.6 Å². The van der Waals surface area contributed by atoms with Crippen LogP contribution in [0.15, 0.2) is 61.6 Å². The average molecular weight is 335 g/mol. The van der Waals surface area contributed by atoms with E-state index in [-0.39, 0.29) is 17.6 Å². The van der Waals surface area contributed by atoms with Crippen LogP contribution >= 0.6 is 0 Å². The van der Waals surface area contributed by atoms with Crippen LogP contribution in [0, 0.1) is 5.82 Å². The van der Waals surface area contributed by atoms with Crippen molar-refractivity contribution in [2.75, 3.05) is 13.1 Å². The highest BCUT2D eigenvalue weighted by molar-refractivity contribution is 5.87. The first-order valence-corrected chi connectivity index (χ1v) is 8.30. The molecule has 4 nitrogen and oxygen atoms in total. The molecule has 3 heterocycles. The number of likely N-dealkylation sites (tertiary alicyclic amines) is 1. The van der Waals surface area contributed by atoms with Crippen molar-refractivity contribution in [1.29, 1.82) is 0 Å². The summed E-state index contributed by atoms with van der Waals surface area (Å²) in [5.74, 6) is -0.0731. The summed E-state index contributed by atoms with van der Waals surface area (Å²) in [6.45, 7) is 4.93. The Morgan fingerprint density at radius 3 is 2.96 bits per heavy atom. The summed E-state index contributed by atoms with van der Waals surface area (Å²) in [6, 6.07) is 10.7. The van der Waals surface area contributed by atoms with Crippen LogP contribution in [0.1, 0.15) is 17.9 Å². The molecular formula is C20H18FN3O. The minimum Gasteiger partial charge on any atom is -0.339 e. The normalized spacial score (nSPS) is 17.2. The zero-order chi connectivity index (χ0) is 17.4. The van der Waals surface area contributed by atoms with Crippen molar-refractivity contribution in [2.45, 2.75) is 12.3 Å². The smallest absolute Gasteiger partial charge is 0.245 e. The van der Waals surface area contributed by atoms with Crippen LogP contribution in [0.4, 0.5) is 4.39 Å². The highest BCUT2D eigenvalue weighted by atomic mass is 19.1. The molecule has 3 aromatic rings. The maximum absolute atomic E-state index is 14.3. The number of hydrogen-bond acceptors (Lipinski definition) is 2. The Kier molecular flexibility index (Phi) is 3.84. The minimum atomic E-state index is -0.257. The van der Waals surface area contributed by atoms with E-state index < -0.39 is 0 Å². The quantitative estimate of drug-likeness (QED) is 0.685. The standard InChI is InChI=1S/C20H18FN3O/c1-2-20(25)23-10-8-14(12-23)16-11-19(15-5-3-4-6-17(15)21)24-13-22-9-7-18(16)24/h2-7,9,11,13-14H,1,8,10,12H2. The summed E-state index contributed by atoms with van der Waals surface area (Å²) in [4.78, 5) is 17.9. The largest absolute Gasteiger partial charge is 0.339 e. The van der Waals surface area contributed by atoms with Crippen molar-refractivity contribution in [1.82, 2.24) is 14.3 Å². The predicted octanol–water partition coefficient (Wildman–Crippen LogP) is 3.64. The number of halogens is 1. The molecule has 1 atom stereocenters. The van der Waals surface area contributed by atoms with Gasteiger partial charge in [-0.3, -0.25) is 9.20 Å². The van der Waals surface area contributed by atoms with Crippen LogP contribution in [0.2, 0.25) is 0 Å². The molecule has 0 bridgehead atoms. The molecule has 1 aromatic carbocycles. The maximum Gasteiger partial charge on any atom is 0.245 e. The Morgan fingerprint density at radius 1 is 1.32 bits per heavy atom. The first-order valence-electron chi connectivity index (χ1n) is 8.30. The average Bonchev–Trinajstić information content (AvgIpc) is 3.26. The molecule has 1 unspecified atom stereocenters. The van der Waals surface area contributed by atoms with Crippen LogP contribution in [0.25, 0.3) is 16.8 Å². The van der Waals surface area contributed by atoms with Gasteiger partial charge in [-0.15, -0.1) is 0 Å². The Bertz CT molecular complexity index is 962. The number of rotatable bonds is 3. The zero-order valence-corrected chi connectivity index (χ0v) is 13.7. The molecule has 0 radical (unpaired) electrons. The van der Waals surface area contributed by atoms with Crippen LogP contribution < -0.4 is 0 Å². The molecule has 0 aliphatic carbocycles. The van der Waals surface area contributed by atoms with Gasteiger partial charge in [0.25, 0.3) is 0 Å². The topological polar surface area (TPSA) is 37.6 Å². The highest BCUT2D eigenvalue weighted by Crippen LogP contribution is 2.35. The van der Waals surface area contributed by atoms with Gasteiger partial charge in [0.05, 0.1) is 17.5 Å². The van der Waals surface area contributed by atoms with Gasteiger partial charge in [-0.1, -0.05) is 18.7 Å². The van der Waals surface area contributed by atoms with Crippen molar-refractivity contribution in [3.8, 4) is 11.3 Å². The molecule has 4 rings (SSSR count). The Labute approximate surface area is 145 Å². The fourth-order valence-corrected chi connectivity index (χ4v) is 3.63. The Hall–Kier alpha value is -2.95. The van der Waals surface area contributed by atoms with E-state index in [1.54, 1.807) is 24.7 Å².